The van der Waals surface area contributed by atoms with Crippen molar-refractivity contribution in [2.75, 3.05) is 5.32 Å². The first-order valence-corrected chi connectivity index (χ1v) is 12.1. The number of nitrogens with one attached hydrogen (secondary N) is 1. The van der Waals surface area contributed by atoms with Crippen molar-refractivity contribution in [3.8, 4) is 11.8 Å². The van der Waals surface area contributed by atoms with Crippen LogP contribution in [0.3, 0.4) is 0 Å². The number of rotatable bonds is 4. The summed E-state index contributed by atoms with van der Waals surface area (Å²) in [5, 5.41) is 4.00. The molecule has 2 aromatic heterocycles. The van der Waals surface area contributed by atoms with Gasteiger partial charge in [-0.05, 0) is 104 Å². The summed E-state index contributed by atoms with van der Waals surface area (Å²) in [6.07, 6.45) is 7.82. The van der Waals surface area contributed by atoms with E-state index in [9.17, 15) is 9.18 Å². The molecule has 5 rings (SSSR count). The fourth-order valence-electron chi connectivity index (χ4n) is 6.10. The van der Waals surface area contributed by atoms with Crippen molar-refractivity contribution in [1.82, 2.24) is 9.97 Å². The zero-order valence-electron chi connectivity index (χ0n) is 19.9. The molecule has 5 heteroatoms. The molecule has 34 heavy (non-hydrogen) atoms. The lowest BCUT2D eigenvalue weighted by atomic mass is 9.75. The normalized spacial score (nSPS) is 23.9. The number of pyridine rings is 2. The number of halogens is 1. The average molecular weight is 456 g/mol. The number of anilines is 1. The third kappa shape index (κ3) is 4.18. The van der Waals surface area contributed by atoms with E-state index in [2.05, 4.69) is 47.0 Å². The molecule has 2 aliphatic rings. The Labute approximate surface area is 200 Å². The van der Waals surface area contributed by atoms with Crippen molar-refractivity contribution in [2.45, 2.75) is 52.4 Å². The van der Waals surface area contributed by atoms with Crippen LogP contribution in [0.15, 0.2) is 48.8 Å². The summed E-state index contributed by atoms with van der Waals surface area (Å²) < 4.78 is 13.9. The van der Waals surface area contributed by atoms with Crippen LogP contribution in [0, 0.1) is 40.8 Å². The molecule has 4 nitrogen and oxygen atoms in total. The molecule has 0 bridgehead atoms. The van der Waals surface area contributed by atoms with E-state index >= 15 is 0 Å². The Morgan fingerprint density at radius 1 is 1.06 bits per heavy atom. The van der Waals surface area contributed by atoms with Gasteiger partial charge in [0.1, 0.15) is 11.5 Å². The molecule has 0 aliphatic heterocycles. The summed E-state index contributed by atoms with van der Waals surface area (Å²) in [4.78, 5) is 21.9. The van der Waals surface area contributed by atoms with E-state index in [0.29, 0.717) is 35.1 Å². The summed E-state index contributed by atoms with van der Waals surface area (Å²) in [6.45, 7) is 5.90. The minimum Gasteiger partial charge on any atom is -0.324 e. The molecule has 2 fully saturated rings. The summed E-state index contributed by atoms with van der Waals surface area (Å²) in [6, 6.07) is 10.6. The minimum atomic E-state index is -0.464. The largest absolute Gasteiger partial charge is 0.324 e. The molecule has 1 amide bonds. The van der Waals surface area contributed by atoms with Gasteiger partial charge in [0.25, 0.3) is 0 Å². The van der Waals surface area contributed by atoms with Gasteiger partial charge in [0.05, 0.1) is 17.4 Å². The lowest BCUT2D eigenvalue weighted by Gasteiger charge is -2.31. The van der Waals surface area contributed by atoms with Crippen molar-refractivity contribution < 1.29 is 9.18 Å². The van der Waals surface area contributed by atoms with Crippen molar-refractivity contribution in [1.29, 1.82) is 0 Å². The number of fused-ring (bicyclic) bond motifs is 2. The Hall–Kier alpha value is -3.26. The molecular weight excluding hydrogens is 425 g/mol. The van der Waals surface area contributed by atoms with Crippen molar-refractivity contribution in [3.05, 3.63) is 65.9 Å². The summed E-state index contributed by atoms with van der Waals surface area (Å²) >= 11 is 0. The maximum Gasteiger partial charge on any atom is 0.230 e. The summed E-state index contributed by atoms with van der Waals surface area (Å²) in [5.74, 6) is 7.55. The number of carbonyl (C=O) groups is 1. The second-order valence-electron chi connectivity index (χ2n) is 10.4. The fourth-order valence-corrected chi connectivity index (χ4v) is 6.10. The highest BCUT2D eigenvalue weighted by Gasteiger charge is 2.48. The Kier molecular flexibility index (Phi) is 5.85. The van der Waals surface area contributed by atoms with Crippen LogP contribution in [0.2, 0.25) is 0 Å². The highest BCUT2D eigenvalue weighted by atomic mass is 19.1. The van der Waals surface area contributed by atoms with Crippen LogP contribution in [0.5, 0.6) is 0 Å². The van der Waals surface area contributed by atoms with Crippen LogP contribution >= 0.6 is 0 Å². The predicted octanol–water partition coefficient (Wildman–Crippen LogP) is 6.33. The van der Waals surface area contributed by atoms with Crippen molar-refractivity contribution >= 4 is 22.5 Å². The quantitative estimate of drug-likeness (QED) is 0.468. The zero-order chi connectivity index (χ0) is 23.9. The van der Waals surface area contributed by atoms with E-state index in [1.807, 2.05) is 18.3 Å². The lowest BCUT2D eigenvalue weighted by molar-refractivity contribution is -0.126. The predicted molar refractivity (Wildman–Crippen MR) is 133 cm³/mol. The van der Waals surface area contributed by atoms with E-state index in [0.717, 1.165) is 36.6 Å². The van der Waals surface area contributed by atoms with E-state index in [1.165, 1.54) is 11.6 Å². The van der Waals surface area contributed by atoms with E-state index in [1.54, 1.807) is 25.3 Å². The molecule has 0 spiro atoms. The van der Waals surface area contributed by atoms with Gasteiger partial charge in [-0.3, -0.25) is 9.78 Å². The standard InChI is InChI=1S/C29H30FN3O/c1-4-5-23-7-8-24(17-32-23)33-28(34)29(2,3)21-14-18-12-20(13-19(18)15-21)25-10-11-31-27-9-6-22(30)16-26(25)27/h6-11,16-21H,12-15H2,1-3H3,(H,33,34)/t18-,19+,20?,21+. The van der Waals surface area contributed by atoms with Crippen LogP contribution in [-0.4, -0.2) is 15.9 Å². The zero-order valence-corrected chi connectivity index (χ0v) is 19.9. The first-order valence-electron chi connectivity index (χ1n) is 12.1. The van der Waals surface area contributed by atoms with E-state index in [-0.39, 0.29) is 11.7 Å². The van der Waals surface area contributed by atoms with Crippen molar-refractivity contribution in [2.24, 2.45) is 23.2 Å². The number of carbonyl (C=O) groups excluding carboxylic acids is 1. The lowest BCUT2D eigenvalue weighted by Crippen LogP contribution is -2.37. The highest BCUT2D eigenvalue weighted by molar-refractivity contribution is 5.95. The topological polar surface area (TPSA) is 54.9 Å². The van der Waals surface area contributed by atoms with E-state index in [4.69, 9.17) is 0 Å². The SMILES string of the molecule is CC#Cc1ccc(NC(=O)C(C)(C)[C@H]2C[C@H]3CC(c4ccnc5ccc(F)cc45)C[C@H]3C2)cn1. The van der Waals surface area contributed by atoms with Gasteiger partial charge < -0.3 is 5.32 Å². The Morgan fingerprint density at radius 3 is 2.50 bits per heavy atom. The molecular formula is C29H30FN3O. The monoisotopic (exact) mass is 455 g/mol. The maximum atomic E-state index is 13.9. The van der Waals surface area contributed by atoms with E-state index < -0.39 is 5.41 Å². The maximum absolute atomic E-state index is 13.9. The third-order valence-electron chi connectivity index (χ3n) is 8.07. The molecule has 2 saturated carbocycles. The van der Waals surface area contributed by atoms with Crippen molar-refractivity contribution in [3.63, 3.8) is 0 Å². The molecule has 1 unspecified atom stereocenters. The van der Waals surface area contributed by atoms with Crippen LogP contribution in [0.25, 0.3) is 10.9 Å². The fraction of sp³-hybridized carbons (Fsp3) is 0.414. The van der Waals surface area contributed by atoms with Gasteiger partial charge in [-0.25, -0.2) is 9.37 Å². The molecule has 2 aliphatic carbocycles. The molecule has 1 N–H and O–H groups in total. The third-order valence-corrected chi connectivity index (χ3v) is 8.07. The number of hydrogen-bond acceptors (Lipinski definition) is 3. The van der Waals surface area contributed by atoms with Crippen LogP contribution < -0.4 is 5.32 Å². The highest BCUT2D eigenvalue weighted by Crippen LogP contribution is 2.56. The van der Waals surface area contributed by atoms with Crippen LogP contribution in [-0.2, 0) is 4.79 Å². The number of hydrogen-bond donors (Lipinski definition) is 1. The van der Waals surface area contributed by atoms with Gasteiger partial charge in [0, 0.05) is 17.0 Å². The van der Waals surface area contributed by atoms with Gasteiger partial charge >= 0.3 is 0 Å². The number of amides is 1. The minimum absolute atomic E-state index is 0.0424. The number of benzene rings is 1. The molecule has 174 valence electrons. The first kappa shape index (κ1) is 22.5. The molecule has 0 radical (unpaired) electrons. The molecule has 1 aromatic carbocycles. The second-order valence-corrected chi connectivity index (χ2v) is 10.4. The van der Waals surface area contributed by atoms with Crippen LogP contribution in [0.1, 0.15) is 63.6 Å². The molecule has 4 atom stereocenters. The molecule has 3 aromatic rings. The van der Waals surface area contributed by atoms with Gasteiger partial charge in [-0.1, -0.05) is 19.8 Å². The van der Waals surface area contributed by atoms with Crippen LogP contribution in [0.4, 0.5) is 10.1 Å². The number of nitrogens with zero attached hydrogens (tertiary/aromatic N) is 2. The van der Waals surface area contributed by atoms with Gasteiger partial charge in [0.2, 0.25) is 5.91 Å². The summed E-state index contributed by atoms with van der Waals surface area (Å²) in [7, 11) is 0. The smallest absolute Gasteiger partial charge is 0.230 e. The molecule has 0 saturated heterocycles. The van der Waals surface area contributed by atoms with Gasteiger partial charge in [0.15, 0.2) is 0 Å². The Morgan fingerprint density at radius 2 is 1.82 bits per heavy atom. The first-order chi connectivity index (χ1) is 16.3. The second kappa shape index (κ2) is 8.83. The summed E-state index contributed by atoms with van der Waals surface area (Å²) in [5.41, 5.74) is 3.01. The number of aromatic nitrogens is 2. The Bertz CT molecular complexity index is 1270. The Balaban J connectivity index is 1.25. The molecule has 2 heterocycles. The van der Waals surface area contributed by atoms with Gasteiger partial charge in [-0.2, -0.15) is 0 Å². The van der Waals surface area contributed by atoms with Gasteiger partial charge in [-0.15, -0.1) is 0 Å². The average Bonchev–Trinajstić information content (AvgIpc) is 3.40.